The number of hydrogen-bond donors (Lipinski definition) is 0. The van der Waals surface area contributed by atoms with Gasteiger partial charge in [0.25, 0.3) is 0 Å². The van der Waals surface area contributed by atoms with Crippen LogP contribution in [0.5, 0.6) is 11.5 Å². The Bertz CT molecular complexity index is 672. The van der Waals surface area contributed by atoms with Crippen LogP contribution in [0.3, 0.4) is 0 Å². The van der Waals surface area contributed by atoms with E-state index in [1.807, 2.05) is 24.3 Å². The summed E-state index contributed by atoms with van der Waals surface area (Å²) >= 11 is 0. The summed E-state index contributed by atoms with van der Waals surface area (Å²) in [7, 11) is 0. The first-order valence-electron chi connectivity index (χ1n) is 8.14. The molecule has 0 bridgehead atoms. The normalized spacial score (nSPS) is 15.8. The van der Waals surface area contributed by atoms with Crippen LogP contribution in [0.1, 0.15) is 25.3 Å². The first kappa shape index (κ1) is 15.8. The van der Waals surface area contributed by atoms with E-state index in [9.17, 15) is 4.39 Å². The zero-order valence-corrected chi connectivity index (χ0v) is 13.5. The lowest BCUT2D eigenvalue weighted by molar-refractivity contribution is 0.377. The zero-order chi connectivity index (χ0) is 16.1. The van der Waals surface area contributed by atoms with Crippen molar-refractivity contribution in [2.75, 3.05) is 19.6 Å². The van der Waals surface area contributed by atoms with Gasteiger partial charge in [-0.25, -0.2) is 4.39 Å². The van der Waals surface area contributed by atoms with Crippen molar-refractivity contribution < 1.29 is 9.13 Å². The van der Waals surface area contributed by atoms with Crippen molar-refractivity contribution in [1.29, 1.82) is 0 Å². The summed E-state index contributed by atoms with van der Waals surface area (Å²) in [5, 5.41) is 0. The largest absolute Gasteiger partial charge is 0.454 e. The maximum absolute atomic E-state index is 13.6. The Balaban J connectivity index is 1.64. The number of halogens is 1. The monoisotopic (exact) mass is 311 g/mol. The minimum Gasteiger partial charge on any atom is -0.454 e. The second kappa shape index (κ2) is 7.42. The Labute approximate surface area is 137 Å². The summed E-state index contributed by atoms with van der Waals surface area (Å²) in [6.45, 7) is 5.56. The fraction of sp³-hybridized carbons (Fsp3) is 0.300. The summed E-state index contributed by atoms with van der Waals surface area (Å²) in [6.07, 6.45) is 4.90. The maximum atomic E-state index is 13.6. The van der Waals surface area contributed by atoms with Crippen molar-refractivity contribution in [2.45, 2.75) is 19.8 Å². The summed E-state index contributed by atoms with van der Waals surface area (Å²) in [5.41, 5.74) is 2.43. The second-order valence-electron chi connectivity index (χ2n) is 5.95. The highest BCUT2D eigenvalue weighted by Gasteiger charge is 2.09. The fourth-order valence-electron chi connectivity index (χ4n) is 2.79. The number of rotatable bonds is 5. The third-order valence-corrected chi connectivity index (χ3v) is 4.23. The summed E-state index contributed by atoms with van der Waals surface area (Å²) < 4.78 is 19.2. The second-order valence-corrected chi connectivity index (χ2v) is 5.95. The van der Waals surface area contributed by atoms with E-state index in [2.05, 4.69) is 17.9 Å². The van der Waals surface area contributed by atoms with E-state index < -0.39 is 0 Å². The summed E-state index contributed by atoms with van der Waals surface area (Å²) in [4.78, 5) is 2.47. The van der Waals surface area contributed by atoms with Crippen molar-refractivity contribution in [3.05, 3.63) is 66.0 Å². The molecule has 1 heterocycles. The average molecular weight is 311 g/mol. The molecule has 2 aromatic rings. The van der Waals surface area contributed by atoms with Crippen LogP contribution in [-0.4, -0.2) is 24.5 Å². The van der Waals surface area contributed by atoms with Crippen LogP contribution in [-0.2, 0) is 0 Å². The summed E-state index contributed by atoms with van der Waals surface area (Å²) in [5.74, 6) is 0.547. The minimum absolute atomic E-state index is 0.251. The van der Waals surface area contributed by atoms with Gasteiger partial charge in [-0.15, -0.1) is 0 Å². The predicted octanol–water partition coefficient (Wildman–Crippen LogP) is 5.12. The molecule has 0 N–H and O–H groups in total. The molecule has 2 nitrogen and oxygen atoms in total. The van der Waals surface area contributed by atoms with Gasteiger partial charge in [-0.2, -0.15) is 0 Å². The van der Waals surface area contributed by atoms with Crippen molar-refractivity contribution in [3.8, 4) is 11.5 Å². The van der Waals surface area contributed by atoms with Gasteiger partial charge in [0.2, 0.25) is 0 Å². The molecule has 0 radical (unpaired) electrons. The molecular weight excluding hydrogens is 289 g/mol. The quantitative estimate of drug-likeness (QED) is 0.760. The maximum Gasteiger partial charge on any atom is 0.165 e. The van der Waals surface area contributed by atoms with Crippen LogP contribution in [0, 0.1) is 5.82 Å². The molecule has 0 atom stereocenters. The molecule has 1 saturated heterocycles. The number of ether oxygens (including phenoxy) is 1. The molecule has 1 fully saturated rings. The highest BCUT2D eigenvalue weighted by molar-refractivity contribution is 5.64. The van der Waals surface area contributed by atoms with Gasteiger partial charge < -0.3 is 4.74 Å². The average Bonchev–Trinajstić information content (AvgIpc) is 3.09. The van der Waals surface area contributed by atoms with Gasteiger partial charge in [0.05, 0.1) is 0 Å². The van der Waals surface area contributed by atoms with Crippen LogP contribution < -0.4 is 4.74 Å². The summed E-state index contributed by atoms with van der Waals surface area (Å²) in [6, 6.07) is 14.2. The zero-order valence-electron chi connectivity index (χ0n) is 13.5. The molecule has 0 saturated carbocycles. The molecule has 0 spiro atoms. The lowest BCUT2D eigenvalue weighted by Crippen LogP contribution is -2.18. The molecular formula is C20H22FNO. The van der Waals surface area contributed by atoms with Gasteiger partial charge >= 0.3 is 0 Å². The van der Waals surface area contributed by atoms with Crippen LogP contribution in [0.25, 0.3) is 5.57 Å². The Morgan fingerprint density at radius 3 is 2.48 bits per heavy atom. The predicted molar refractivity (Wildman–Crippen MR) is 92.2 cm³/mol. The standard InChI is InChI=1S/C20H22FNO/c1-16(12-15-22-13-4-5-14-22)17-8-10-18(11-9-17)23-20-7-3-2-6-19(20)21/h2-3,6-12H,4-5,13-15H2,1H3. The van der Waals surface area contributed by atoms with E-state index in [1.165, 1.54) is 43.1 Å². The Morgan fingerprint density at radius 2 is 1.78 bits per heavy atom. The smallest absolute Gasteiger partial charge is 0.165 e. The third-order valence-electron chi connectivity index (χ3n) is 4.23. The Hall–Kier alpha value is -2.13. The number of allylic oxidation sites excluding steroid dienone is 1. The van der Waals surface area contributed by atoms with E-state index in [0.29, 0.717) is 5.75 Å². The van der Waals surface area contributed by atoms with Crippen LogP contribution in [0.15, 0.2) is 54.6 Å². The first-order chi connectivity index (χ1) is 11.2. The van der Waals surface area contributed by atoms with Crippen LogP contribution in [0.4, 0.5) is 4.39 Å². The van der Waals surface area contributed by atoms with Crippen LogP contribution >= 0.6 is 0 Å². The first-order valence-corrected chi connectivity index (χ1v) is 8.14. The van der Waals surface area contributed by atoms with Crippen molar-refractivity contribution in [1.82, 2.24) is 4.90 Å². The van der Waals surface area contributed by atoms with Gasteiger partial charge in [-0.05, 0) is 68.3 Å². The van der Waals surface area contributed by atoms with E-state index in [0.717, 1.165) is 6.54 Å². The molecule has 1 aliphatic heterocycles. The molecule has 120 valence electrons. The van der Waals surface area contributed by atoms with Gasteiger partial charge in [0, 0.05) is 6.54 Å². The molecule has 0 aliphatic carbocycles. The van der Waals surface area contributed by atoms with Gasteiger partial charge in [0.1, 0.15) is 5.75 Å². The van der Waals surface area contributed by atoms with Gasteiger partial charge in [-0.3, -0.25) is 4.90 Å². The molecule has 0 aromatic heterocycles. The number of hydrogen-bond acceptors (Lipinski definition) is 2. The number of likely N-dealkylation sites (tertiary alicyclic amines) is 1. The minimum atomic E-state index is -0.349. The van der Waals surface area contributed by atoms with Gasteiger partial charge in [-0.1, -0.05) is 30.3 Å². The van der Waals surface area contributed by atoms with Gasteiger partial charge in [0.15, 0.2) is 11.6 Å². The van der Waals surface area contributed by atoms with E-state index in [-0.39, 0.29) is 11.6 Å². The molecule has 1 aliphatic rings. The molecule has 2 aromatic carbocycles. The fourth-order valence-corrected chi connectivity index (χ4v) is 2.79. The Morgan fingerprint density at radius 1 is 1.09 bits per heavy atom. The molecule has 3 heteroatoms. The number of benzene rings is 2. The Kier molecular flexibility index (Phi) is 5.09. The lowest BCUT2D eigenvalue weighted by atomic mass is 10.1. The lowest BCUT2D eigenvalue weighted by Gasteiger charge is -2.12. The third kappa shape index (κ3) is 4.20. The van der Waals surface area contributed by atoms with Crippen LogP contribution in [0.2, 0.25) is 0 Å². The van der Waals surface area contributed by atoms with E-state index >= 15 is 0 Å². The van der Waals surface area contributed by atoms with Crippen molar-refractivity contribution >= 4 is 5.57 Å². The molecule has 0 amide bonds. The number of para-hydroxylation sites is 1. The van der Waals surface area contributed by atoms with Crippen molar-refractivity contribution in [3.63, 3.8) is 0 Å². The van der Waals surface area contributed by atoms with Crippen molar-refractivity contribution in [2.24, 2.45) is 0 Å². The SMILES string of the molecule is CC(=CCN1CCCC1)c1ccc(Oc2ccccc2F)cc1. The topological polar surface area (TPSA) is 12.5 Å². The molecule has 3 rings (SSSR count). The highest BCUT2D eigenvalue weighted by Crippen LogP contribution is 2.25. The molecule has 0 unspecified atom stereocenters. The highest BCUT2D eigenvalue weighted by atomic mass is 19.1. The molecule has 23 heavy (non-hydrogen) atoms. The van der Waals surface area contributed by atoms with E-state index in [4.69, 9.17) is 4.74 Å². The number of nitrogens with zero attached hydrogens (tertiary/aromatic N) is 1. The van der Waals surface area contributed by atoms with E-state index in [1.54, 1.807) is 18.2 Å².